The van der Waals surface area contributed by atoms with E-state index in [9.17, 15) is 14.5 Å². The van der Waals surface area contributed by atoms with Gasteiger partial charge in [0.25, 0.3) is 5.69 Å². The maximum Gasteiger partial charge on any atom is 0.271 e. The summed E-state index contributed by atoms with van der Waals surface area (Å²) >= 11 is 0. The van der Waals surface area contributed by atoms with E-state index in [1.54, 1.807) is 0 Å². The standard InChI is InChI=1S/C12H16FN3O2/c1-15-6-4-9(5-7-15)14-12-8-10(16(17)18)2-3-11(12)13/h2-3,8-9,14H,4-7H2,1H3. The number of nitrogens with one attached hydrogen (secondary N) is 1. The van der Waals surface area contributed by atoms with E-state index in [1.807, 2.05) is 7.05 Å². The van der Waals surface area contributed by atoms with Crippen molar-refractivity contribution in [1.82, 2.24) is 4.90 Å². The molecule has 98 valence electrons. The Balaban J connectivity index is 2.08. The molecular weight excluding hydrogens is 237 g/mol. The fraction of sp³-hybridized carbons (Fsp3) is 0.500. The summed E-state index contributed by atoms with van der Waals surface area (Å²) in [5.41, 5.74) is 0.130. The second kappa shape index (κ2) is 5.30. The molecule has 0 spiro atoms. The van der Waals surface area contributed by atoms with Crippen LogP contribution in [0.4, 0.5) is 15.8 Å². The lowest BCUT2D eigenvalue weighted by Gasteiger charge is -2.30. The van der Waals surface area contributed by atoms with Gasteiger partial charge in [-0.15, -0.1) is 0 Å². The van der Waals surface area contributed by atoms with Gasteiger partial charge in [0.15, 0.2) is 0 Å². The maximum absolute atomic E-state index is 13.6. The van der Waals surface area contributed by atoms with Crippen molar-refractivity contribution < 1.29 is 9.31 Å². The van der Waals surface area contributed by atoms with Gasteiger partial charge in [-0.2, -0.15) is 0 Å². The van der Waals surface area contributed by atoms with Gasteiger partial charge >= 0.3 is 0 Å². The highest BCUT2D eigenvalue weighted by Crippen LogP contribution is 2.23. The van der Waals surface area contributed by atoms with Crippen molar-refractivity contribution in [3.8, 4) is 0 Å². The van der Waals surface area contributed by atoms with Gasteiger partial charge in [0, 0.05) is 18.2 Å². The van der Waals surface area contributed by atoms with Crippen LogP contribution in [0.3, 0.4) is 0 Å². The van der Waals surface area contributed by atoms with E-state index in [0.29, 0.717) is 0 Å². The molecule has 0 bridgehead atoms. The summed E-state index contributed by atoms with van der Waals surface area (Å²) in [7, 11) is 2.05. The minimum atomic E-state index is -0.515. The molecule has 2 rings (SSSR count). The number of rotatable bonds is 3. The predicted octanol–water partition coefficient (Wildman–Crippen LogP) is 2.24. The molecular formula is C12H16FN3O2. The Hall–Kier alpha value is -1.69. The van der Waals surface area contributed by atoms with Gasteiger partial charge in [-0.1, -0.05) is 0 Å². The number of benzene rings is 1. The van der Waals surface area contributed by atoms with Crippen molar-refractivity contribution in [2.45, 2.75) is 18.9 Å². The van der Waals surface area contributed by atoms with Crippen molar-refractivity contribution in [2.75, 3.05) is 25.5 Å². The van der Waals surface area contributed by atoms with Gasteiger partial charge in [-0.05, 0) is 39.0 Å². The van der Waals surface area contributed by atoms with Gasteiger partial charge in [-0.25, -0.2) is 4.39 Å². The Morgan fingerprint density at radius 2 is 2.11 bits per heavy atom. The van der Waals surface area contributed by atoms with Crippen molar-refractivity contribution in [2.24, 2.45) is 0 Å². The molecule has 0 saturated carbocycles. The normalized spacial score (nSPS) is 17.7. The van der Waals surface area contributed by atoms with Crippen LogP contribution in [-0.2, 0) is 0 Å². The van der Waals surface area contributed by atoms with Crippen LogP contribution in [-0.4, -0.2) is 36.0 Å². The van der Waals surface area contributed by atoms with Crippen LogP contribution in [0.2, 0.25) is 0 Å². The van der Waals surface area contributed by atoms with E-state index < -0.39 is 10.7 Å². The van der Waals surface area contributed by atoms with Gasteiger partial charge in [-0.3, -0.25) is 10.1 Å². The second-order valence-corrected chi connectivity index (χ2v) is 4.64. The number of nitro groups is 1. The van der Waals surface area contributed by atoms with Crippen molar-refractivity contribution in [1.29, 1.82) is 0 Å². The van der Waals surface area contributed by atoms with Crippen LogP contribution < -0.4 is 5.32 Å². The van der Waals surface area contributed by atoms with E-state index >= 15 is 0 Å². The number of hydrogen-bond acceptors (Lipinski definition) is 4. The molecule has 1 saturated heterocycles. The first-order valence-electron chi connectivity index (χ1n) is 5.95. The molecule has 1 heterocycles. The molecule has 0 atom stereocenters. The molecule has 6 heteroatoms. The van der Waals surface area contributed by atoms with Crippen LogP contribution in [0.5, 0.6) is 0 Å². The molecule has 0 aromatic heterocycles. The zero-order chi connectivity index (χ0) is 13.1. The van der Waals surface area contributed by atoms with Crippen LogP contribution in [0, 0.1) is 15.9 Å². The zero-order valence-electron chi connectivity index (χ0n) is 10.2. The molecule has 0 radical (unpaired) electrons. The van der Waals surface area contributed by atoms with E-state index in [2.05, 4.69) is 10.2 Å². The third-order valence-electron chi connectivity index (χ3n) is 3.24. The highest BCUT2D eigenvalue weighted by molar-refractivity contribution is 5.52. The van der Waals surface area contributed by atoms with Crippen LogP contribution >= 0.6 is 0 Å². The Labute approximate surface area is 105 Å². The molecule has 18 heavy (non-hydrogen) atoms. The van der Waals surface area contributed by atoms with Crippen molar-refractivity contribution in [3.05, 3.63) is 34.1 Å². The van der Waals surface area contributed by atoms with Crippen LogP contribution in [0.1, 0.15) is 12.8 Å². The molecule has 0 aliphatic carbocycles. The Morgan fingerprint density at radius 3 is 2.72 bits per heavy atom. The van der Waals surface area contributed by atoms with Crippen molar-refractivity contribution in [3.63, 3.8) is 0 Å². The third kappa shape index (κ3) is 2.95. The fourth-order valence-corrected chi connectivity index (χ4v) is 2.11. The summed E-state index contributed by atoms with van der Waals surface area (Å²) in [6, 6.07) is 3.75. The largest absolute Gasteiger partial charge is 0.380 e. The Bertz CT molecular complexity index is 445. The zero-order valence-corrected chi connectivity index (χ0v) is 10.2. The van der Waals surface area contributed by atoms with Gasteiger partial charge in [0.1, 0.15) is 5.82 Å². The van der Waals surface area contributed by atoms with Crippen LogP contribution in [0.15, 0.2) is 18.2 Å². The average Bonchev–Trinajstić information content (AvgIpc) is 2.34. The lowest BCUT2D eigenvalue weighted by atomic mass is 10.1. The molecule has 1 fully saturated rings. The third-order valence-corrected chi connectivity index (χ3v) is 3.24. The molecule has 1 aromatic rings. The minimum Gasteiger partial charge on any atom is -0.380 e. The van der Waals surface area contributed by atoms with Gasteiger partial charge in [0.2, 0.25) is 0 Å². The van der Waals surface area contributed by atoms with E-state index in [1.165, 1.54) is 12.1 Å². The van der Waals surface area contributed by atoms with Gasteiger partial charge in [0.05, 0.1) is 10.6 Å². The number of non-ortho nitro benzene ring substituents is 1. The topological polar surface area (TPSA) is 58.4 Å². The SMILES string of the molecule is CN1CCC(Nc2cc([N+](=O)[O-])ccc2F)CC1. The smallest absolute Gasteiger partial charge is 0.271 e. The number of nitro benzene ring substituents is 1. The summed E-state index contributed by atoms with van der Waals surface area (Å²) in [6.45, 7) is 1.91. The number of hydrogen-bond donors (Lipinski definition) is 1. The molecule has 5 nitrogen and oxygen atoms in total. The predicted molar refractivity (Wildman–Crippen MR) is 67.2 cm³/mol. The lowest BCUT2D eigenvalue weighted by Crippen LogP contribution is -2.36. The summed E-state index contributed by atoms with van der Waals surface area (Å²) in [4.78, 5) is 12.3. The molecule has 1 N–H and O–H groups in total. The highest BCUT2D eigenvalue weighted by atomic mass is 19.1. The van der Waals surface area contributed by atoms with Crippen LogP contribution in [0.25, 0.3) is 0 Å². The van der Waals surface area contributed by atoms with E-state index in [4.69, 9.17) is 0 Å². The maximum atomic E-state index is 13.6. The molecule has 0 amide bonds. The number of halogens is 1. The Morgan fingerprint density at radius 1 is 1.44 bits per heavy atom. The first-order valence-corrected chi connectivity index (χ1v) is 5.95. The summed E-state index contributed by atoms with van der Waals surface area (Å²) < 4.78 is 13.6. The van der Waals surface area contributed by atoms with E-state index in [-0.39, 0.29) is 17.4 Å². The number of piperidine rings is 1. The number of nitrogens with zero attached hydrogens (tertiary/aromatic N) is 2. The van der Waals surface area contributed by atoms with E-state index in [0.717, 1.165) is 32.0 Å². The highest BCUT2D eigenvalue weighted by Gasteiger charge is 2.18. The molecule has 1 aliphatic heterocycles. The van der Waals surface area contributed by atoms with Crippen molar-refractivity contribution >= 4 is 11.4 Å². The molecule has 0 unspecified atom stereocenters. The Kier molecular flexibility index (Phi) is 3.76. The summed E-state index contributed by atoms with van der Waals surface area (Å²) in [5, 5.41) is 13.7. The second-order valence-electron chi connectivity index (χ2n) is 4.64. The molecule has 1 aliphatic rings. The number of likely N-dealkylation sites (tertiary alicyclic amines) is 1. The fourth-order valence-electron chi connectivity index (χ4n) is 2.11. The lowest BCUT2D eigenvalue weighted by molar-refractivity contribution is -0.384. The minimum absolute atomic E-state index is 0.0909. The first kappa shape index (κ1) is 12.8. The monoisotopic (exact) mass is 253 g/mol. The average molecular weight is 253 g/mol. The summed E-state index contributed by atoms with van der Waals surface area (Å²) in [5.74, 6) is -0.445. The number of anilines is 1. The summed E-state index contributed by atoms with van der Waals surface area (Å²) in [6.07, 6.45) is 1.83. The first-order chi connectivity index (χ1) is 8.56. The molecule has 1 aromatic carbocycles. The quantitative estimate of drug-likeness (QED) is 0.663. The van der Waals surface area contributed by atoms with Gasteiger partial charge < -0.3 is 10.2 Å².